The first-order valence-electron chi connectivity index (χ1n) is 9.78. The molecule has 3 aromatic carbocycles. The van der Waals surface area contributed by atoms with Gasteiger partial charge in [-0.05, 0) is 54.6 Å². The molecule has 0 unspecified atom stereocenters. The number of benzene rings is 3. The number of nitro benzene ring substituents is 1. The van der Waals surface area contributed by atoms with Gasteiger partial charge in [0.15, 0.2) is 0 Å². The molecule has 1 aromatic heterocycles. The Hall–Kier alpha value is -4.30. The van der Waals surface area contributed by atoms with Gasteiger partial charge in [0.2, 0.25) is 0 Å². The molecule has 0 fully saturated rings. The summed E-state index contributed by atoms with van der Waals surface area (Å²) in [5.41, 5.74) is 0.233. The van der Waals surface area contributed by atoms with E-state index in [1.54, 1.807) is 60.7 Å². The summed E-state index contributed by atoms with van der Waals surface area (Å²) in [4.78, 5) is 23.1. The molecule has 9 heteroatoms. The molecule has 1 N–H and O–H groups in total. The molecule has 0 spiro atoms. The van der Waals surface area contributed by atoms with Crippen LogP contribution in [0.4, 0.5) is 5.69 Å². The van der Waals surface area contributed by atoms with E-state index in [0.29, 0.717) is 27.8 Å². The van der Waals surface area contributed by atoms with Crippen LogP contribution in [-0.2, 0) is 6.54 Å². The molecule has 0 bridgehead atoms. The molecule has 4 aromatic rings. The van der Waals surface area contributed by atoms with Crippen LogP contribution in [0.5, 0.6) is 23.0 Å². The highest BCUT2D eigenvalue weighted by Gasteiger charge is 2.14. The predicted molar refractivity (Wildman–Crippen MR) is 121 cm³/mol. The number of furan rings is 1. The van der Waals surface area contributed by atoms with Crippen LogP contribution < -0.4 is 14.8 Å². The Balaban J connectivity index is 1.47. The van der Waals surface area contributed by atoms with Gasteiger partial charge in [-0.2, -0.15) is 0 Å². The number of non-ortho nitro benzene ring substituents is 1. The van der Waals surface area contributed by atoms with Crippen LogP contribution in [0.3, 0.4) is 0 Å². The van der Waals surface area contributed by atoms with Crippen molar-refractivity contribution in [2.45, 2.75) is 6.54 Å². The molecule has 0 aliphatic heterocycles. The Kier molecular flexibility index (Phi) is 6.56. The molecule has 0 saturated heterocycles. The second kappa shape index (κ2) is 9.88. The molecule has 4 rings (SSSR count). The van der Waals surface area contributed by atoms with Gasteiger partial charge >= 0.3 is 0 Å². The van der Waals surface area contributed by atoms with E-state index in [1.165, 1.54) is 24.5 Å². The van der Waals surface area contributed by atoms with Crippen molar-refractivity contribution in [1.82, 2.24) is 5.32 Å². The summed E-state index contributed by atoms with van der Waals surface area (Å²) in [6, 6.07) is 20.7. The summed E-state index contributed by atoms with van der Waals surface area (Å²) in [5.74, 6) is 1.62. The van der Waals surface area contributed by atoms with Gasteiger partial charge in [-0.15, -0.1) is 0 Å². The zero-order chi connectivity index (χ0) is 23.2. The van der Waals surface area contributed by atoms with Crippen molar-refractivity contribution in [3.05, 3.63) is 112 Å². The minimum absolute atomic E-state index is 0.196. The minimum atomic E-state index is -0.538. The maximum atomic E-state index is 12.3. The highest BCUT2D eigenvalue weighted by molar-refractivity contribution is 6.30. The fourth-order valence-electron chi connectivity index (χ4n) is 2.94. The van der Waals surface area contributed by atoms with Crippen LogP contribution in [0.25, 0.3) is 0 Å². The van der Waals surface area contributed by atoms with Gasteiger partial charge in [-0.1, -0.05) is 17.7 Å². The summed E-state index contributed by atoms with van der Waals surface area (Å²) in [5, 5.41) is 14.6. The topological polar surface area (TPSA) is 104 Å². The fraction of sp³-hybridized carbons (Fsp3) is 0.0417. The molecule has 0 atom stereocenters. The van der Waals surface area contributed by atoms with Crippen molar-refractivity contribution in [2.24, 2.45) is 0 Å². The summed E-state index contributed by atoms with van der Waals surface area (Å²) in [6.45, 7) is 0.271. The number of carbonyl (C=O) groups excluding carboxylic acids is 1. The summed E-state index contributed by atoms with van der Waals surface area (Å²) < 4.78 is 16.7. The van der Waals surface area contributed by atoms with Crippen LogP contribution in [0.2, 0.25) is 5.02 Å². The zero-order valence-corrected chi connectivity index (χ0v) is 17.8. The van der Waals surface area contributed by atoms with Crippen LogP contribution in [0.1, 0.15) is 16.1 Å². The molecule has 166 valence electrons. The average molecular weight is 465 g/mol. The van der Waals surface area contributed by atoms with E-state index < -0.39 is 4.92 Å². The highest BCUT2D eigenvalue weighted by atomic mass is 35.5. The van der Waals surface area contributed by atoms with Gasteiger partial charge in [-0.3, -0.25) is 14.9 Å². The smallest absolute Gasteiger partial charge is 0.276 e. The third-order valence-corrected chi connectivity index (χ3v) is 4.70. The Morgan fingerprint density at radius 3 is 2.27 bits per heavy atom. The quantitative estimate of drug-likeness (QED) is 0.240. The Bertz CT molecular complexity index is 1270. The van der Waals surface area contributed by atoms with Crippen LogP contribution in [-0.4, -0.2) is 10.8 Å². The number of halogens is 1. The lowest BCUT2D eigenvalue weighted by Crippen LogP contribution is -2.22. The predicted octanol–water partition coefficient (Wildman–Crippen LogP) is 6.36. The van der Waals surface area contributed by atoms with Gasteiger partial charge in [0.05, 0.1) is 29.9 Å². The van der Waals surface area contributed by atoms with E-state index in [2.05, 4.69) is 5.32 Å². The Morgan fingerprint density at radius 2 is 1.64 bits per heavy atom. The van der Waals surface area contributed by atoms with E-state index in [4.69, 9.17) is 25.5 Å². The van der Waals surface area contributed by atoms with E-state index in [-0.39, 0.29) is 29.6 Å². The molecule has 8 nitrogen and oxygen atoms in total. The first-order valence-corrected chi connectivity index (χ1v) is 10.2. The van der Waals surface area contributed by atoms with Crippen LogP contribution >= 0.6 is 11.6 Å². The second-order valence-corrected chi connectivity index (χ2v) is 7.30. The van der Waals surface area contributed by atoms with Crippen molar-refractivity contribution in [1.29, 1.82) is 0 Å². The number of rotatable bonds is 8. The standard InChI is InChI=1S/C24H17ClN2O6/c25-17-3-1-4-20(11-17)33-23-13-18(27(29)30)12-22(14-23)32-19-8-6-16(7-9-19)24(28)26-15-21-5-2-10-31-21/h1-14H,15H2,(H,26,28). The lowest BCUT2D eigenvalue weighted by atomic mass is 10.2. The Morgan fingerprint density at radius 1 is 0.909 bits per heavy atom. The van der Waals surface area contributed by atoms with Gasteiger partial charge in [-0.25, -0.2) is 0 Å². The first-order chi connectivity index (χ1) is 16.0. The van der Waals surface area contributed by atoms with Crippen molar-refractivity contribution in [3.8, 4) is 23.0 Å². The number of nitro groups is 1. The van der Waals surface area contributed by atoms with Gasteiger partial charge < -0.3 is 19.2 Å². The second-order valence-electron chi connectivity index (χ2n) is 6.87. The molecular weight excluding hydrogens is 448 g/mol. The monoisotopic (exact) mass is 464 g/mol. The largest absolute Gasteiger partial charge is 0.467 e. The molecule has 0 saturated carbocycles. The van der Waals surface area contributed by atoms with Gasteiger partial charge in [0.1, 0.15) is 28.8 Å². The summed E-state index contributed by atoms with van der Waals surface area (Å²) in [6.07, 6.45) is 1.53. The highest BCUT2D eigenvalue weighted by Crippen LogP contribution is 2.34. The molecule has 0 radical (unpaired) electrons. The molecule has 1 heterocycles. The lowest BCUT2D eigenvalue weighted by Gasteiger charge is -2.10. The summed E-state index contributed by atoms with van der Waals surface area (Å²) >= 11 is 5.97. The van der Waals surface area contributed by atoms with E-state index in [0.717, 1.165) is 0 Å². The van der Waals surface area contributed by atoms with Crippen molar-refractivity contribution >= 4 is 23.2 Å². The number of carbonyl (C=O) groups is 1. The number of hydrogen-bond donors (Lipinski definition) is 1. The molecule has 1 amide bonds. The van der Waals surface area contributed by atoms with E-state index >= 15 is 0 Å². The minimum Gasteiger partial charge on any atom is -0.467 e. The third-order valence-electron chi connectivity index (χ3n) is 4.46. The molecule has 0 aliphatic carbocycles. The summed E-state index contributed by atoms with van der Waals surface area (Å²) in [7, 11) is 0. The van der Waals surface area contributed by atoms with Crippen molar-refractivity contribution in [2.75, 3.05) is 0 Å². The number of nitrogens with one attached hydrogen (secondary N) is 1. The molecular formula is C24H17ClN2O6. The van der Waals surface area contributed by atoms with Crippen molar-refractivity contribution < 1.29 is 23.6 Å². The number of amides is 1. The lowest BCUT2D eigenvalue weighted by molar-refractivity contribution is -0.385. The van der Waals surface area contributed by atoms with E-state index in [9.17, 15) is 14.9 Å². The average Bonchev–Trinajstić information content (AvgIpc) is 3.31. The van der Waals surface area contributed by atoms with Crippen LogP contribution in [0, 0.1) is 10.1 Å². The fourth-order valence-corrected chi connectivity index (χ4v) is 3.12. The number of hydrogen-bond acceptors (Lipinski definition) is 6. The zero-order valence-electron chi connectivity index (χ0n) is 17.1. The van der Waals surface area contributed by atoms with E-state index in [1.807, 2.05) is 0 Å². The molecule has 0 aliphatic rings. The number of nitrogens with zero attached hydrogens (tertiary/aromatic N) is 1. The SMILES string of the molecule is O=C(NCc1ccco1)c1ccc(Oc2cc(Oc3cccc(Cl)c3)cc([N+](=O)[O-])c2)cc1. The molecule has 33 heavy (non-hydrogen) atoms. The van der Waals surface area contributed by atoms with Gasteiger partial charge in [0.25, 0.3) is 11.6 Å². The van der Waals surface area contributed by atoms with Crippen LogP contribution in [0.15, 0.2) is 89.5 Å². The maximum absolute atomic E-state index is 12.3. The maximum Gasteiger partial charge on any atom is 0.276 e. The van der Waals surface area contributed by atoms with Gasteiger partial charge in [0, 0.05) is 16.7 Å². The first kappa shape index (κ1) is 21.9. The number of ether oxygens (including phenoxy) is 2. The normalized spacial score (nSPS) is 10.5. The Labute approximate surface area is 193 Å². The third kappa shape index (κ3) is 5.90. The van der Waals surface area contributed by atoms with Crippen molar-refractivity contribution in [3.63, 3.8) is 0 Å².